The largest absolute Gasteiger partial charge is 0.361 e. The summed E-state index contributed by atoms with van der Waals surface area (Å²) in [7, 11) is 0. The van der Waals surface area contributed by atoms with Gasteiger partial charge in [0.2, 0.25) is 0 Å². The summed E-state index contributed by atoms with van der Waals surface area (Å²) < 4.78 is 13.3. The van der Waals surface area contributed by atoms with Crippen molar-refractivity contribution in [1.29, 1.82) is 0 Å². The Morgan fingerprint density at radius 2 is 1.96 bits per heavy atom. The number of carbonyl (C=O) groups excluding carboxylic acids is 1. The summed E-state index contributed by atoms with van der Waals surface area (Å²) in [5, 5.41) is 1.65. The maximum absolute atomic E-state index is 13.3. The van der Waals surface area contributed by atoms with E-state index in [0.717, 1.165) is 23.7 Å². The van der Waals surface area contributed by atoms with E-state index in [9.17, 15) is 9.18 Å². The molecule has 0 unspecified atom stereocenters. The van der Waals surface area contributed by atoms with E-state index in [1.165, 1.54) is 17.7 Å². The molecular formula is C20H18ClFN2O. The van der Waals surface area contributed by atoms with Crippen LogP contribution in [0, 0.1) is 5.82 Å². The maximum Gasteiger partial charge on any atom is 0.253 e. The zero-order valence-corrected chi connectivity index (χ0v) is 14.4. The third kappa shape index (κ3) is 3.14. The molecule has 1 N–H and O–H groups in total. The molecule has 25 heavy (non-hydrogen) atoms. The minimum absolute atomic E-state index is 0.0296. The summed E-state index contributed by atoms with van der Waals surface area (Å²) in [5.74, 6) is 0.174. The highest BCUT2D eigenvalue weighted by molar-refractivity contribution is 6.30. The number of aromatic amines is 1. The average Bonchev–Trinajstić information content (AvgIpc) is 3.04. The molecule has 1 saturated heterocycles. The Balaban J connectivity index is 1.48. The standard InChI is InChI=1S/C20H18ClFN2O/c21-15-3-1-2-14(10-15)20(25)24-8-6-13(7-9-24)18-12-23-19-11-16(22)4-5-17(18)19/h1-5,10-13,23H,6-9H2. The lowest BCUT2D eigenvalue weighted by atomic mass is 9.89. The Morgan fingerprint density at radius 1 is 1.16 bits per heavy atom. The molecule has 0 radical (unpaired) electrons. The van der Waals surface area contributed by atoms with Crippen LogP contribution in [0.4, 0.5) is 4.39 Å². The van der Waals surface area contributed by atoms with Gasteiger partial charge >= 0.3 is 0 Å². The topological polar surface area (TPSA) is 36.1 Å². The lowest BCUT2D eigenvalue weighted by molar-refractivity contribution is 0.0713. The van der Waals surface area contributed by atoms with Crippen molar-refractivity contribution in [3.05, 3.63) is 70.6 Å². The van der Waals surface area contributed by atoms with Crippen molar-refractivity contribution < 1.29 is 9.18 Å². The van der Waals surface area contributed by atoms with E-state index in [4.69, 9.17) is 11.6 Å². The molecule has 0 spiro atoms. The molecule has 0 bridgehead atoms. The number of hydrogen-bond donors (Lipinski definition) is 1. The Labute approximate surface area is 150 Å². The molecule has 4 rings (SSSR count). The van der Waals surface area contributed by atoms with Crippen LogP contribution in [0.3, 0.4) is 0 Å². The Morgan fingerprint density at radius 3 is 2.72 bits per heavy atom. The fraction of sp³-hybridized carbons (Fsp3) is 0.250. The van der Waals surface area contributed by atoms with Crippen LogP contribution in [0.25, 0.3) is 10.9 Å². The molecule has 2 heterocycles. The quantitative estimate of drug-likeness (QED) is 0.690. The fourth-order valence-corrected chi connectivity index (χ4v) is 3.85. The van der Waals surface area contributed by atoms with Crippen molar-refractivity contribution in [3.63, 3.8) is 0 Å². The van der Waals surface area contributed by atoms with Crippen LogP contribution in [-0.2, 0) is 0 Å². The van der Waals surface area contributed by atoms with Crippen LogP contribution in [0.5, 0.6) is 0 Å². The van der Waals surface area contributed by atoms with Gasteiger partial charge in [0.05, 0.1) is 0 Å². The molecular weight excluding hydrogens is 339 g/mol. The number of amides is 1. The predicted octanol–water partition coefficient (Wildman–Crippen LogP) is 4.98. The number of nitrogens with zero attached hydrogens (tertiary/aromatic N) is 1. The second-order valence-electron chi connectivity index (χ2n) is 6.51. The first-order valence-electron chi connectivity index (χ1n) is 8.43. The summed E-state index contributed by atoms with van der Waals surface area (Å²) >= 11 is 5.98. The van der Waals surface area contributed by atoms with Gasteiger partial charge in [0.25, 0.3) is 5.91 Å². The van der Waals surface area contributed by atoms with E-state index in [-0.39, 0.29) is 11.7 Å². The van der Waals surface area contributed by atoms with Crippen LogP contribution in [-0.4, -0.2) is 28.9 Å². The molecule has 1 fully saturated rings. The van der Waals surface area contributed by atoms with Gasteiger partial charge in [0, 0.05) is 40.8 Å². The van der Waals surface area contributed by atoms with Crippen molar-refractivity contribution in [2.75, 3.05) is 13.1 Å². The Hall–Kier alpha value is -2.33. The second-order valence-corrected chi connectivity index (χ2v) is 6.95. The first-order valence-corrected chi connectivity index (χ1v) is 8.81. The molecule has 3 nitrogen and oxygen atoms in total. The van der Waals surface area contributed by atoms with Gasteiger partial charge in [-0.25, -0.2) is 4.39 Å². The monoisotopic (exact) mass is 356 g/mol. The Bertz CT molecular complexity index is 928. The van der Waals surface area contributed by atoms with Gasteiger partial charge in [0.1, 0.15) is 5.82 Å². The third-order valence-electron chi connectivity index (χ3n) is 4.97. The van der Waals surface area contributed by atoms with E-state index < -0.39 is 0 Å². The van der Waals surface area contributed by atoms with Crippen LogP contribution >= 0.6 is 11.6 Å². The summed E-state index contributed by atoms with van der Waals surface area (Å²) in [6, 6.07) is 11.9. The number of piperidine rings is 1. The van der Waals surface area contributed by atoms with Crippen LogP contribution in [0.15, 0.2) is 48.7 Å². The number of carbonyl (C=O) groups is 1. The molecule has 128 valence electrons. The van der Waals surface area contributed by atoms with Crippen molar-refractivity contribution in [2.45, 2.75) is 18.8 Å². The van der Waals surface area contributed by atoms with E-state index in [1.807, 2.05) is 17.2 Å². The summed E-state index contributed by atoms with van der Waals surface area (Å²) in [5.41, 5.74) is 2.67. The van der Waals surface area contributed by atoms with Gasteiger partial charge in [-0.2, -0.15) is 0 Å². The Kier molecular flexibility index (Phi) is 4.22. The first kappa shape index (κ1) is 16.2. The SMILES string of the molecule is O=C(c1cccc(Cl)c1)N1CCC(c2c[nH]c3cc(F)ccc23)CC1. The van der Waals surface area contributed by atoms with E-state index >= 15 is 0 Å². The van der Waals surface area contributed by atoms with Crippen molar-refractivity contribution >= 4 is 28.4 Å². The molecule has 2 aromatic carbocycles. The van der Waals surface area contributed by atoms with Crippen LogP contribution in [0.1, 0.15) is 34.7 Å². The van der Waals surface area contributed by atoms with Gasteiger partial charge in [-0.3, -0.25) is 4.79 Å². The minimum Gasteiger partial charge on any atom is -0.361 e. The summed E-state index contributed by atoms with van der Waals surface area (Å²) in [6.07, 6.45) is 3.77. The maximum atomic E-state index is 13.3. The van der Waals surface area contributed by atoms with Gasteiger partial charge in [-0.05, 0) is 60.7 Å². The molecule has 1 aliphatic heterocycles. The highest BCUT2D eigenvalue weighted by Gasteiger charge is 2.26. The number of H-pyrrole nitrogens is 1. The lowest BCUT2D eigenvalue weighted by Gasteiger charge is -2.32. The number of halogens is 2. The smallest absolute Gasteiger partial charge is 0.253 e. The second kappa shape index (κ2) is 6.52. The molecule has 1 aliphatic rings. The van der Waals surface area contributed by atoms with E-state index in [2.05, 4.69) is 4.98 Å². The number of hydrogen-bond acceptors (Lipinski definition) is 1. The predicted molar refractivity (Wildman–Crippen MR) is 97.6 cm³/mol. The molecule has 0 atom stereocenters. The lowest BCUT2D eigenvalue weighted by Crippen LogP contribution is -2.37. The average molecular weight is 357 g/mol. The molecule has 5 heteroatoms. The van der Waals surface area contributed by atoms with Crippen LogP contribution in [0.2, 0.25) is 5.02 Å². The summed E-state index contributed by atoms with van der Waals surface area (Å²) in [4.78, 5) is 17.7. The number of rotatable bonds is 2. The number of aromatic nitrogens is 1. The molecule has 0 saturated carbocycles. The molecule has 1 aromatic heterocycles. The van der Waals surface area contributed by atoms with Crippen molar-refractivity contribution in [1.82, 2.24) is 9.88 Å². The van der Waals surface area contributed by atoms with Crippen molar-refractivity contribution in [2.24, 2.45) is 0 Å². The fourth-order valence-electron chi connectivity index (χ4n) is 3.66. The van der Waals surface area contributed by atoms with Gasteiger partial charge in [-0.1, -0.05) is 17.7 Å². The van der Waals surface area contributed by atoms with Gasteiger partial charge in [-0.15, -0.1) is 0 Å². The molecule has 0 aliphatic carbocycles. The van der Waals surface area contributed by atoms with Gasteiger partial charge < -0.3 is 9.88 Å². The highest BCUT2D eigenvalue weighted by atomic mass is 35.5. The van der Waals surface area contributed by atoms with Crippen molar-refractivity contribution in [3.8, 4) is 0 Å². The summed E-state index contributed by atoms with van der Waals surface area (Å²) in [6.45, 7) is 1.42. The van der Waals surface area contributed by atoms with Gasteiger partial charge in [0.15, 0.2) is 0 Å². The zero-order valence-electron chi connectivity index (χ0n) is 13.6. The van der Waals surface area contributed by atoms with E-state index in [1.54, 1.807) is 24.3 Å². The first-order chi connectivity index (χ1) is 12.1. The third-order valence-corrected chi connectivity index (χ3v) is 5.20. The number of fused-ring (bicyclic) bond motifs is 1. The normalized spacial score (nSPS) is 15.7. The number of likely N-dealkylation sites (tertiary alicyclic amines) is 1. The molecule has 1 amide bonds. The van der Waals surface area contributed by atoms with Crippen LogP contribution < -0.4 is 0 Å². The van der Waals surface area contributed by atoms with E-state index in [0.29, 0.717) is 29.6 Å². The molecule has 3 aromatic rings. The zero-order chi connectivity index (χ0) is 17.4. The number of benzene rings is 2. The highest BCUT2D eigenvalue weighted by Crippen LogP contribution is 2.33. The minimum atomic E-state index is -0.233. The number of nitrogens with one attached hydrogen (secondary N) is 1.